The highest BCUT2D eigenvalue weighted by molar-refractivity contribution is 6.31. The van der Waals surface area contributed by atoms with Crippen molar-refractivity contribution in [2.24, 2.45) is 0 Å². The number of likely N-dealkylation sites (N-methyl/N-ethyl adjacent to an activating group) is 1. The van der Waals surface area contributed by atoms with Crippen molar-refractivity contribution in [3.05, 3.63) is 28.8 Å². The molecule has 1 aromatic carbocycles. The fourth-order valence-electron chi connectivity index (χ4n) is 2.19. The van der Waals surface area contributed by atoms with Crippen molar-refractivity contribution in [2.45, 2.75) is 45.3 Å². The number of hydrogen-bond donors (Lipinski definition) is 2. The van der Waals surface area contributed by atoms with Crippen molar-refractivity contribution >= 4 is 23.2 Å². The maximum absolute atomic E-state index is 11.9. The highest BCUT2D eigenvalue weighted by Gasteiger charge is 2.24. The van der Waals surface area contributed by atoms with Crippen LogP contribution in [0, 0.1) is 0 Å². The molecule has 2 rings (SSSR count). The Hall–Kier alpha value is -1.26. The average Bonchev–Trinajstić information content (AvgIpc) is 3.20. The van der Waals surface area contributed by atoms with E-state index in [9.17, 15) is 4.79 Å². The largest absolute Gasteiger partial charge is 0.365 e. The average molecular weight is 310 g/mol. The van der Waals surface area contributed by atoms with Crippen LogP contribution in [-0.2, 0) is 11.3 Å². The number of benzene rings is 1. The van der Waals surface area contributed by atoms with Gasteiger partial charge in [-0.25, -0.2) is 0 Å². The second-order valence-electron chi connectivity index (χ2n) is 5.97. The highest BCUT2D eigenvalue weighted by Crippen LogP contribution is 2.27. The van der Waals surface area contributed by atoms with Gasteiger partial charge in [-0.1, -0.05) is 31.5 Å². The van der Waals surface area contributed by atoms with Gasteiger partial charge in [0.25, 0.3) is 0 Å². The molecule has 1 aromatic rings. The maximum atomic E-state index is 11.9. The number of carbonyl (C=O) groups is 1. The molecule has 0 atom stereocenters. The molecule has 5 heteroatoms. The Morgan fingerprint density at radius 3 is 2.76 bits per heavy atom. The van der Waals surface area contributed by atoms with Gasteiger partial charge >= 0.3 is 0 Å². The molecule has 0 aromatic heterocycles. The summed E-state index contributed by atoms with van der Waals surface area (Å²) in [5.41, 5.74) is 2.04. The van der Waals surface area contributed by atoms with E-state index in [2.05, 4.69) is 24.5 Å². The van der Waals surface area contributed by atoms with E-state index < -0.39 is 0 Å². The van der Waals surface area contributed by atoms with Crippen molar-refractivity contribution in [2.75, 3.05) is 18.5 Å². The molecule has 0 spiro atoms. The first-order chi connectivity index (χ1) is 9.97. The summed E-state index contributed by atoms with van der Waals surface area (Å²) in [5.74, 6) is 0.0720. The summed E-state index contributed by atoms with van der Waals surface area (Å²) in [6, 6.07) is 6.60. The minimum Gasteiger partial charge on any atom is -0.365 e. The van der Waals surface area contributed by atoms with Crippen LogP contribution in [0.1, 0.15) is 32.3 Å². The number of carbonyl (C=O) groups excluding carboxylic acids is 1. The van der Waals surface area contributed by atoms with E-state index >= 15 is 0 Å². The lowest BCUT2D eigenvalue weighted by Gasteiger charge is -2.23. The lowest BCUT2D eigenvalue weighted by atomic mass is 10.1. The third-order valence-electron chi connectivity index (χ3n) is 3.52. The molecule has 21 heavy (non-hydrogen) atoms. The molecule has 116 valence electrons. The fourth-order valence-corrected chi connectivity index (χ4v) is 2.42. The molecule has 1 aliphatic carbocycles. The third-order valence-corrected chi connectivity index (χ3v) is 3.87. The van der Waals surface area contributed by atoms with Gasteiger partial charge in [-0.15, -0.1) is 0 Å². The van der Waals surface area contributed by atoms with Crippen molar-refractivity contribution in [1.82, 2.24) is 10.6 Å². The fraction of sp³-hybridized carbons (Fsp3) is 0.562. The van der Waals surface area contributed by atoms with Gasteiger partial charge in [-0.05, 0) is 25.0 Å². The molecule has 2 N–H and O–H groups in total. The second kappa shape index (κ2) is 7.14. The Morgan fingerprint density at radius 1 is 1.43 bits per heavy atom. The quantitative estimate of drug-likeness (QED) is 0.813. The molecule has 1 saturated carbocycles. The smallest absolute Gasteiger partial charge is 0.239 e. The molecule has 0 heterocycles. The first-order valence-corrected chi connectivity index (χ1v) is 7.86. The standard InChI is InChI=1S/C16H24ClN3O/c1-11(2)18-9-13-14(17)5-4-6-15(13)20(3)10-16(21)19-12-7-8-12/h4-6,11-12,18H,7-10H2,1-3H3,(H,19,21). The zero-order chi connectivity index (χ0) is 15.4. The van der Waals surface area contributed by atoms with Crippen LogP contribution in [0.15, 0.2) is 18.2 Å². The summed E-state index contributed by atoms with van der Waals surface area (Å²) in [4.78, 5) is 13.9. The SMILES string of the molecule is CC(C)NCc1c(Cl)cccc1N(C)CC(=O)NC1CC1. The molecule has 0 aliphatic heterocycles. The molecule has 1 fully saturated rings. The lowest BCUT2D eigenvalue weighted by Crippen LogP contribution is -2.37. The Kier molecular flexibility index (Phi) is 5.48. The normalized spacial score (nSPS) is 14.3. The minimum absolute atomic E-state index is 0.0720. The molecular formula is C16H24ClN3O. The first-order valence-electron chi connectivity index (χ1n) is 7.48. The first kappa shape index (κ1) is 16.1. The summed E-state index contributed by atoms with van der Waals surface area (Å²) in [5, 5.41) is 7.12. The predicted octanol–water partition coefficient (Wildman–Crippen LogP) is 2.55. The van der Waals surface area contributed by atoms with Crippen molar-refractivity contribution < 1.29 is 4.79 Å². The topological polar surface area (TPSA) is 44.4 Å². The van der Waals surface area contributed by atoms with Crippen LogP contribution in [0.5, 0.6) is 0 Å². The van der Waals surface area contributed by atoms with Gasteiger partial charge in [0, 0.05) is 41.9 Å². The zero-order valence-corrected chi connectivity index (χ0v) is 13.7. The number of hydrogen-bond acceptors (Lipinski definition) is 3. The van der Waals surface area contributed by atoms with Crippen LogP contribution in [0.4, 0.5) is 5.69 Å². The molecule has 0 bridgehead atoms. The van der Waals surface area contributed by atoms with E-state index in [0.717, 1.165) is 29.1 Å². The van der Waals surface area contributed by atoms with E-state index in [-0.39, 0.29) is 5.91 Å². The van der Waals surface area contributed by atoms with Gasteiger partial charge in [-0.2, -0.15) is 0 Å². The van der Waals surface area contributed by atoms with Gasteiger partial charge in [0.05, 0.1) is 6.54 Å². The van der Waals surface area contributed by atoms with E-state index in [1.807, 2.05) is 30.1 Å². The Labute approximate surface area is 131 Å². The van der Waals surface area contributed by atoms with E-state index in [1.54, 1.807) is 0 Å². The van der Waals surface area contributed by atoms with Crippen LogP contribution in [0.2, 0.25) is 5.02 Å². The second-order valence-corrected chi connectivity index (χ2v) is 6.38. The van der Waals surface area contributed by atoms with Gasteiger partial charge in [0.1, 0.15) is 0 Å². The van der Waals surface area contributed by atoms with Crippen molar-refractivity contribution in [3.63, 3.8) is 0 Å². The molecular weight excluding hydrogens is 286 g/mol. The predicted molar refractivity (Wildman–Crippen MR) is 87.9 cm³/mol. The number of nitrogens with zero attached hydrogens (tertiary/aromatic N) is 1. The number of amides is 1. The summed E-state index contributed by atoms with van der Waals surface area (Å²) in [6.45, 7) is 5.25. The Balaban J connectivity index is 2.05. The van der Waals surface area contributed by atoms with Gasteiger partial charge < -0.3 is 15.5 Å². The molecule has 1 aliphatic rings. The van der Waals surface area contributed by atoms with Gasteiger partial charge in [-0.3, -0.25) is 4.79 Å². The number of anilines is 1. The molecule has 4 nitrogen and oxygen atoms in total. The number of nitrogens with one attached hydrogen (secondary N) is 2. The van der Waals surface area contributed by atoms with E-state index in [4.69, 9.17) is 11.6 Å². The van der Waals surface area contributed by atoms with Crippen LogP contribution in [0.25, 0.3) is 0 Å². The van der Waals surface area contributed by atoms with Crippen LogP contribution < -0.4 is 15.5 Å². The Bertz CT molecular complexity index is 500. The van der Waals surface area contributed by atoms with Crippen molar-refractivity contribution in [3.8, 4) is 0 Å². The van der Waals surface area contributed by atoms with E-state index in [0.29, 0.717) is 25.2 Å². The maximum Gasteiger partial charge on any atom is 0.239 e. The monoisotopic (exact) mass is 309 g/mol. The summed E-state index contributed by atoms with van der Waals surface area (Å²) >= 11 is 6.32. The molecule has 1 amide bonds. The van der Waals surface area contributed by atoms with Gasteiger partial charge in [0.15, 0.2) is 0 Å². The lowest BCUT2D eigenvalue weighted by molar-refractivity contribution is -0.119. The summed E-state index contributed by atoms with van der Waals surface area (Å²) in [6.07, 6.45) is 2.21. The number of rotatable bonds is 7. The van der Waals surface area contributed by atoms with E-state index in [1.165, 1.54) is 0 Å². The van der Waals surface area contributed by atoms with Crippen LogP contribution >= 0.6 is 11.6 Å². The van der Waals surface area contributed by atoms with Crippen molar-refractivity contribution in [1.29, 1.82) is 0 Å². The molecule has 0 unspecified atom stereocenters. The molecule has 0 saturated heterocycles. The summed E-state index contributed by atoms with van der Waals surface area (Å²) < 4.78 is 0. The Morgan fingerprint density at radius 2 is 2.14 bits per heavy atom. The minimum atomic E-state index is 0.0720. The van der Waals surface area contributed by atoms with Crippen LogP contribution in [0.3, 0.4) is 0 Å². The molecule has 0 radical (unpaired) electrons. The zero-order valence-electron chi connectivity index (χ0n) is 12.9. The highest BCUT2D eigenvalue weighted by atomic mass is 35.5. The third kappa shape index (κ3) is 4.90. The number of halogens is 1. The van der Waals surface area contributed by atoms with Crippen LogP contribution in [-0.4, -0.2) is 31.6 Å². The van der Waals surface area contributed by atoms with Gasteiger partial charge in [0.2, 0.25) is 5.91 Å². The summed E-state index contributed by atoms with van der Waals surface area (Å²) in [7, 11) is 1.93.